The third-order valence-electron chi connectivity index (χ3n) is 3.11. The first-order valence-corrected chi connectivity index (χ1v) is 8.50. The highest BCUT2D eigenvalue weighted by atomic mass is 35.5. The van der Waals surface area contributed by atoms with Gasteiger partial charge in [0.05, 0.1) is 17.7 Å². The fourth-order valence-corrected chi connectivity index (χ4v) is 3.44. The van der Waals surface area contributed by atoms with Crippen molar-refractivity contribution in [3.8, 4) is 0 Å². The van der Waals surface area contributed by atoms with E-state index in [0.717, 1.165) is 0 Å². The van der Waals surface area contributed by atoms with E-state index in [0.29, 0.717) is 10.8 Å². The van der Waals surface area contributed by atoms with E-state index in [2.05, 4.69) is 5.16 Å². The van der Waals surface area contributed by atoms with Gasteiger partial charge in [-0.3, -0.25) is 0 Å². The molecule has 0 aliphatic rings. The average molecular weight is 358 g/mol. The molecule has 0 fully saturated rings. The van der Waals surface area contributed by atoms with E-state index in [4.69, 9.17) is 27.0 Å². The maximum absolute atomic E-state index is 12.8. The van der Waals surface area contributed by atoms with Crippen molar-refractivity contribution < 1.29 is 18.0 Å². The van der Waals surface area contributed by atoms with E-state index in [1.807, 2.05) is 0 Å². The maximum atomic E-state index is 12.8. The highest BCUT2D eigenvalue weighted by molar-refractivity contribution is 7.89. The van der Waals surface area contributed by atoms with Gasteiger partial charge in [0.15, 0.2) is 0 Å². The molecule has 0 bridgehead atoms. The third-order valence-corrected chi connectivity index (χ3v) is 5.22. The van der Waals surface area contributed by atoms with Crippen LogP contribution in [0.2, 0.25) is 5.02 Å². The summed E-state index contributed by atoms with van der Waals surface area (Å²) in [5, 5.41) is 11.9. The molecule has 0 aliphatic carbocycles. The normalized spacial score (nSPS) is 12.7. The molecule has 124 valence electrons. The van der Waals surface area contributed by atoms with Crippen LogP contribution < -0.4 is 5.73 Å². The van der Waals surface area contributed by atoms with Gasteiger partial charge in [-0.15, -0.1) is 0 Å². The molecule has 9 heteroatoms. The maximum Gasteiger partial charge on any atom is 0.243 e. The van der Waals surface area contributed by atoms with Crippen LogP contribution in [0, 0.1) is 0 Å². The number of furan rings is 1. The van der Waals surface area contributed by atoms with Gasteiger partial charge in [-0.1, -0.05) is 16.8 Å². The molecule has 0 saturated heterocycles. The molecule has 2 rings (SSSR count). The smallest absolute Gasteiger partial charge is 0.243 e. The molecule has 0 atom stereocenters. The number of nitrogens with zero attached hydrogens (tertiary/aromatic N) is 2. The first-order chi connectivity index (χ1) is 10.9. The molecule has 7 nitrogen and oxygen atoms in total. The Bertz CT molecular complexity index is 758. The van der Waals surface area contributed by atoms with Gasteiger partial charge in [-0.25, -0.2) is 8.42 Å². The molecule has 1 aromatic carbocycles. The molecular formula is C14H16ClN3O4S. The van der Waals surface area contributed by atoms with Crippen molar-refractivity contribution >= 4 is 27.5 Å². The van der Waals surface area contributed by atoms with Crippen LogP contribution in [0.3, 0.4) is 0 Å². The van der Waals surface area contributed by atoms with E-state index < -0.39 is 10.0 Å². The molecule has 1 aromatic heterocycles. The summed E-state index contributed by atoms with van der Waals surface area (Å²) in [5.74, 6) is 0.433. The summed E-state index contributed by atoms with van der Waals surface area (Å²) in [5.41, 5.74) is 5.43. The van der Waals surface area contributed by atoms with Crippen molar-refractivity contribution in [2.45, 2.75) is 17.9 Å². The van der Waals surface area contributed by atoms with E-state index in [1.165, 1.54) is 34.8 Å². The zero-order valence-corrected chi connectivity index (χ0v) is 13.7. The first kappa shape index (κ1) is 17.3. The van der Waals surface area contributed by atoms with Gasteiger partial charge in [-0.2, -0.15) is 4.31 Å². The molecule has 0 aliphatic heterocycles. The molecule has 0 spiro atoms. The lowest BCUT2D eigenvalue weighted by atomic mass is 10.4. The molecule has 0 radical (unpaired) electrons. The van der Waals surface area contributed by atoms with Gasteiger partial charge in [0.2, 0.25) is 10.0 Å². The summed E-state index contributed by atoms with van der Waals surface area (Å²) in [7, 11) is -3.78. The molecule has 0 saturated carbocycles. The molecule has 0 amide bonds. The lowest BCUT2D eigenvalue weighted by Gasteiger charge is -2.21. The zero-order valence-electron chi connectivity index (χ0n) is 12.1. The van der Waals surface area contributed by atoms with Crippen LogP contribution in [0.4, 0.5) is 0 Å². The van der Waals surface area contributed by atoms with Crippen molar-refractivity contribution in [3.05, 3.63) is 53.4 Å². The predicted molar refractivity (Wildman–Crippen MR) is 85.8 cm³/mol. The Hall–Kier alpha value is -2.03. The minimum Gasteiger partial charge on any atom is -0.468 e. The van der Waals surface area contributed by atoms with Crippen LogP contribution in [-0.2, 0) is 16.6 Å². The topological polar surface area (TPSA) is 109 Å². The van der Waals surface area contributed by atoms with Crippen LogP contribution in [0.25, 0.3) is 0 Å². The fourth-order valence-electron chi connectivity index (χ4n) is 1.91. The quantitative estimate of drug-likeness (QED) is 0.342. The van der Waals surface area contributed by atoms with Crippen LogP contribution >= 0.6 is 11.6 Å². The fraction of sp³-hybridized carbons (Fsp3) is 0.214. The van der Waals surface area contributed by atoms with E-state index in [1.54, 1.807) is 12.1 Å². The Morgan fingerprint density at radius 3 is 2.57 bits per heavy atom. The minimum absolute atomic E-state index is 0.0384. The number of hydrogen-bond acceptors (Lipinski definition) is 5. The number of rotatable bonds is 7. The van der Waals surface area contributed by atoms with Crippen molar-refractivity contribution in [2.24, 2.45) is 10.9 Å². The van der Waals surface area contributed by atoms with Crippen molar-refractivity contribution in [2.75, 3.05) is 6.54 Å². The van der Waals surface area contributed by atoms with E-state index in [9.17, 15) is 8.42 Å². The molecule has 2 aromatic rings. The van der Waals surface area contributed by atoms with Gasteiger partial charge in [-0.05, 0) is 36.4 Å². The van der Waals surface area contributed by atoms with Crippen LogP contribution in [0.15, 0.2) is 57.1 Å². The van der Waals surface area contributed by atoms with Gasteiger partial charge >= 0.3 is 0 Å². The van der Waals surface area contributed by atoms with Gasteiger partial charge in [0.1, 0.15) is 11.6 Å². The summed E-state index contributed by atoms with van der Waals surface area (Å²) in [6.45, 7) is 0.0816. The summed E-state index contributed by atoms with van der Waals surface area (Å²) in [6.07, 6.45) is 1.55. The number of hydrogen-bond donors (Lipinski definition) is 2. The zero-order chi connectivity index (χ0) is 16.9. The number of halogens is 1. The number of nitrogens with two attached hydrogens (primary N) is 1. The minimum atomic E-state index is -3.78. The first-order valence-electron chi connectivity index (χ1n) is 6.68. The number of amidine groups is 1. The Labute approximate surface area is 139 Å². The van der Waals surface area contributed by atoms with Crippen LogP contribution in [0.1, 0.15) is 12.2 Å². The SMILES string of the molecule is N/C(CCN(Cc1ccco1)S(=O)(=O)c1ccc(Cl)cc1)=N\O. The second-order valence-electron chi connectivity index (χ2n) is 4.71. The van der Waals surface area contributed by atoms with E-state index in [-0.39, 0.29) is 30.2 Å². The monoisotopic (exact) mass is 357 g/mol. The third kappa shape index (κ3) is 4.47. The predicted octanol–water partition coefficient (Wildman–Crippen LogP) is 2.26. The average Bonchev–Trinajstić information content (AvgIpc) is 3.04. The summed E-state index contributed by atoms with van der Waals surface area (Å²) in [4.78, 5) is 0.105. The highest BCUT2D eigenvalue weighted by Crippen LogP contribution is 2.21. The lowest BCUT2D eigenvalue weighted by molar-refractivity contribution is 0.314. The van der Waals surface area contributed by atoms with E-state index >= 15 is 0 Å². The second kappa shape index (κ2) is 7.49. The molecule has 0 unspecified atom stereocenters. The molecule has 23 heavy (non-hydrogen) atoms. The molecular weight excluding hydrogens is 342 g/mol. The Balaban J connectivity index is 2.28. The molecule has 3 N–H and O–H groups in total. The highest BCUT2D eigenvalue weighted by Gasteiger charge is 2.25. The summed E-state index contributed by atoms with van der Waals surface area (Å²) in [6, 6.07) is 9.21. The Morgan fingerprint density at radius 2 is 2.00 bits per heavy atom. The summed E-state index contributed by atoms with van der Waals surface area (Å²) >= 11 is 5.79. The Morgan fingerprint density at radius 1 is 1.30 bits per heavy atom. The largest absolute Gasteiger partial charge is 0.468 e. The standard InChI is InChI=1S/C14H16ClN3O4S/c15-11-3-5-13(6-4-11)23(20,21)18(8-7-14(16)17-19)10-12-2-1-9-22-12/h1-6,9,19H,7-8,10H2,(H2,16,17). The van der Waals surface area contributed by atoms with Gasteiger partial charge in [0, 0.05) is 18.0 Å². The Kier molecular flexibility index (Phi) is 5.64. The van der Waals surface area contributed by atoms with Crippen LogP contribution in [0.5, 0.6) is 0 Å². The molecule has 1 heterocycles. The number of benzene rings is 1. The van der Waals surface area contributed by atoms with Crippen LogP contribution in [-0.4, -0.2) is 30.3 Å². The van der Waals surface area contributed by atoms with Crippen molar-refractivity contribution in [3.63, 3.8) is 0 Å². The number of oxime groups is 1. The number of sulfonamides is 1. The van der Waals surface area contributed by atoms with Crippen molar-refractivity contribution in [1.82, 2.24) is 4.31 Å². The van der Waals surface area contributed by atoms with Crippen molar-refractivity contribution in [1.29, 1.82) is 0 Å². The summed E-state index contributed by atoms with van der Waals surface area (Å²) < 4.78 is 31.9. The second-order valence-corrected chi connectivity index (χ2v) is 7.09. The lowest BCUT2D eigenvalue weighted by Crippen LogP contribution is -2.33. The van der Waals surface area contributed by atoms with Gasteiger partial charge in [0.25, 0.3) is 0 Å². The van der Waals surface area contributed by atoms with Gasteiger partial charge < -0.3 is 15.4 Å².